The van der Waals surface area contributed by atoms with Gasteiger partial charge in [-0.2, -0.15) is 0 Å². The predicted octanol–water partition coefficient (Wildman–Crippen LogP) is 5.45. The molecule has 1 aliphatic heterocycles. The highest BCUT2D eigenvalue weighted by Crippen LogP contribution is 2.29. The number of thiazole rings is 1. The Kier molecular flexibility index (Phi) is 9.24. The minimum absolute atomic E-state index is 0.0644. The molecule has 1 amide bonds. The van der Waals surface area contributed by atoms with Crippen molar-refractivity contribution in [2.45, 2.75) is 58.3 Å². The number of nitrogens with one attached hydrogen (secondary N) is 1. The van der Waals surface area contributed by atoms with Crippen LogP contribution < -0.4 is 5.32 Å². The molecule has 182 valence electrons. The summed E-state index contributed by atoms with van der Waals surface area (Å²) in [6.45, 7) is 8.49. The van der Waals surface area contributed by atoms with Gasteiger partial charge in [0.1, 0.15) is 0 Å². The van der Waals surface area contributed by atoms with Crippen LogP contribution in [0.1, 0.15) is 58.7 Å². The van der Waals surface area contributed by atoms with E-state index in [1.54, 1.807) is 31.2 Å². The van der Waals surface area contributed by atoms with Gasteiger partial charge in [-0.3, -0.25) is 9.69 Å². The van der Waals surface area contributed by atoms with Crippen molar-refractivity contribution >= 4 is 38.7 Å². The number of benzene rings is 2. The Morgan fingerprint density at radius 3 is 2.24 bits per heavy atom. The predicted molar refractivity (Wildman–Crippen MR) is 138 cm³/mol. The van der Waals surface area contributed by atoms with Crippen molar-refractivity contribution < 1.29 is 13.2 Å². The summed E-state index contributed by atoms with van der Waals surface area (Å²) in [5.41, 5.74) is 2.98. The standard InChI is InChI=1S/C22H22ClN3O3S2.C3H8/c1-2-31(28,29)18-9-5-15(6-10-18)11-24-21(27)22-25-19-13-26(14-20(19)30-22)12-16-3-7-17(23)8-4-16;1-3-2/h3-10H,2,11-14H2,1H3,(H,24,27);3H2,1-2H3. The van der Waals surface area contributed by atoms with Crippen LogP contribution in [-0.4, -0.2) is 30.0 Å². The first-order chi connectivity index (χ1) is 16.2. The summed E-state index contributed by atoms with van der Waals surface area (Å²) in [4.78, 5) is 20.7. The first-order valence-electron chi connectivity index (χ1n) is 11.3. The van der Waals surface area contributed by atoms with Gasteiger partial charge in [-0.05, 0) is 35.4 Å². The number of rotatable bonds is 7. The molecule has 0 saturated heterocycles. The van der Waals surface area contributed by atoms with E-state index in [0.717, 1.165) is 40.8 Å². The Morgan fingerprint density at radius 1 is 1.03 bits per heavy atom. The van der Waals surface area contributed by atoms with Crippen molar-refractivity contribution in [3.8, 4) is 0 Å². The first kappa shape index (κ1) is 26.3. The number of halogens is 1. The molecular formula is C25H30ClN3O3S2. The molecule has 1 aliphatic rings. The SMILES string of the molecule is CCC.CCS(=O)(=O)c1ccc(CNC(=O)c2nc3c(s2)CN(Cc2ccc(Cl)cc2)C3)cc1. The topological polar surface area (TPSA) is 79.4 Å². The van der Waals surface area contributed by atoms with Gasteiger partial charge >= 0.3 is 0 Å². The van der Waals surface area contributed by atoms with Gasteiger partial charge in [0.05, 0.1) is 16.3 Å². The minimum atomic E-state index is -3.22. The summed E-state index contributed by atoms with van der Waals surface area (Å²) < 4.78 is 23.8. The molecule has 0 radical (unpaired) electrons. The lowest BCUT2D eigenvalue weighted by Crippen LogP contribution is -2.23. The van der Waals surface area contributed by atoms with E-state index in [1.807, 2.05) is 24.3 Å². The Hall–Kier alpha value is -2.26. The van der Waals surface area contributed by atoms with Crippen molar-refractivity contribution in [3.05, 3.63) is 80.3 Å². The highest BCUT2D eigenvalue weighted by Gasteiger charge is 2.25. The Bertz CT molecular complexity index is 1180. The van der Waals surface area contributed by atoms with Crippen molar-refractivity contribution in [3.63, 3.8) is 0 Å². The fourth-order valence-electron chi connectivity index (χ4n) is 3.40. The lowest BCUT2D eigenvalue weighted by atomic mass is 10.2. The Balaban J connectivity index is 0.00000103. The van der Waals surface area contributed by atoms with Gasteiger partial charge in [-0.15, -0.1) is 11.3 Å². The maximum atomic E-state index is 12.5. The quantitative estimate of drug-likeness (QED) is 0.449. The number of sulfone groups is 1. The highest BCUT2D eigenvalue weighted by molar-refractivity contribution is 7.91. The summed E-state index contributed by atoms with van der Waals surface area (Å²) in [6.07, 6.45) is 1.25. The molecule has 2 aromatic carbocycles. The average Bonchev–Trinajstić information content (AvgIpc) is 3.39. The molecular weight excluding hydrogens is 490 g/mol. The van der Waals surface area contributed by atoms with Gasteiger partial charge in [0.25, 0.3) is 5.91 Å². The van der Waals surface area contributed by atoms with Gasteiger partial charge in [0.15, 0.2) is 14.8 Å². The van der Waals surface area contributed by atoms with Crippen molar-refractivity contribution in [2.24, 2.45) is 0 Å². The summed E-state index contributed by atoms with van der Waals surface area (Å²) in [5, 5.41) is 4.05. The van der Waals surface area contributed by atoms with E-state index in [0.29, 0.717) is 16.4 Å². The monoisotopic (exact) mass is 519 g/mol. The summed E-state index contributed by atoms with van der Waals surface area (Å²) >= 11 is 7.37. The van der Waals surface area contributed by atoms with E-state index in [9.17, 15) is 13.2 Å². The third-order valence-electron chi connectivity index (χ3n) is 5.15. The lowest BCUT2D eigenvalue weighted by molar-refractivity contribution is 0.0950. The van der Waals surface area contributed by atoms with Crippen LogP contribution in [0.2, 0.25) is 5.02 Å². The summed E-state index contributed by atoms with van der Waals surface area (Å²) in [6, 6.07) is 14.4. The maximum absolute atomic E-state index is 12.5. The lowest BCUT2D eigenvalue weighted by Gasteiger charge is -2.14. The summed E-state index contributed by atoms with van der Waals surface area (Å²) in [5.74, 6) is -0.150. The van der Waals surface area contributed by atoms with E-state index in [2.05, 4.69) is 29.0 Å². The van der Waals surface area contributed by atoms with Crippen LogP contribution in [0.3, 0.4) is 0 Å². The Labute approximate surface area is 210 Å². The van der Waals surface area contributed by atoms with E-state index < -0.39 is 9.84 Å². The van der Waals surface area contributed by atoms with E-state index in [1.165, 1.54) is 23.3 Å². The second-order valence-electron chi connectivity index (χ2n) is 8.10. The van der Waals surface area contributed by atoms with Gasteiger partial charge < -0.3 is 5.32 Å². The van der Waals surface area contributed by atoms with Crippen LogP contribution in [0.4, 0.5) is 0 Å². The van der Waals surface area contributed by atoms with Crippen LogP contribution in [0.5, 0.6) is 0 Å². The maximum Gasteiger partial charge on any atom is 0.280 e. The first-order valence-corrected chi connectivity index (χ1v) is 14.2. The smallest absolute Gasteiger partial charge is 0.280 e. The number of carbonyl (C=O) groups excluding carboxylic acids is 1. The van der Waals surface area contributed by atoms with Crippen molar-refractivity contribution in [1.29, 1.82) is 0 Å². The number of carbonyl (C=O) groups is 1. The van der Waals surface area contributed by atoms with Crippen molar-refractivity contribution in [2.75, 3.05) is 5.75 Å². The molecule has 0 unspecified atom stereocenters. The molecule has 34 heavy (non-hydrogen) atoms. The normalized spacial score (nSPS) is 13.2. The molecule has 6 nitrogen and oxygen atoms in total. The summed E-state index contributed by atoms with van der Waals surface area (Å²) in [7, 11) is -3.22. The average molecular weight is 520 g/mol. The third-order valence-corrected chi connectivity index (χ3v) is 8.23. The van der Waals surface area contributed by atoms with Crippen LogP contribution in [0.25, 0.3) is 0 Å². The fourth-order valence-corrected chi connectivity index (χ4v) is 5.44. The molecule has 0 atom stereocenters. The zero-order valence-corrected chi connectivity index (χ0v) is 22.1. The fraction of sp³-hybridized carbons (Fsp3) is 0.360. The molecule has 0 aliphatic carbocycles. The molecule has 0 spiro atoms. The number of hydrogen-bond donors (Lipinski definition) is 1. The van der Waals surface area contributed by atoms with E-state index in [-0.39, 0.29) is 11.7 Å². The number of aromatic nitrogens is 1. The van der Waals surface area contributed by atoms with Gasteiger partial charge in [-0.1, -0.05) is 63.1 Å². The minimum Gasteiger partial charge on any atom is -0.346 e. The second-order valence-corrected chi connectivity index (χ2v) is 11.9. The highest BCUT2D eigenvalue weighted by atomic mass is 35.5. The van der Waals surface area contributed by atoms with Crippen molar-refractivity contribution in [1.82, 2.24) is 15.2 Å². The largest absolute Gasteiger partial charge is 0.346 e. The van der Waals surface area contributed by atoms with Crippen LogP contribution in [-0.2, 0) is 36.0 Å². The van der Waals surface area contributed by atoms with Crippen LogP contribution in [0.15, 0.2) is 53.4 Å². The molecule has 3 aromatic rings. The molecule has 0 bridgehead atoms. The zero-order chi connectivity index (χ0) is 24.7. The molecule has 1 aromatic heterocycles. The van der Waals surface area contributed by atoms with Gasteiger partial charge in [0.2, 0.25) is 0 Å². The number of fused-ring (bicyclic) bond motifs is 1. The van der Waals surface area contributed by atoms with Crippen LogP contribution in [0, 0.1) is 0 Å². The molecule has 1 N–H and O–H groups in total. The van der Waals surface area contributed by atoms with Gasteiger partial charge in [-0.25, -0.2) is 13.4 Å². The van der Waals surface area contributed by atoms with E-state index >= 15 is 0 Å². The number of nitrogens with zero attached hydrogens (tertiary/aromatic N) is 2. The molecule has 0 fully saturated rings. The molecule has 9 heteroatoms. The zero-order valence-electron chi connectivity index (χ0n) is 19.7. The molecule has 0 saturated carbocycles. The van der Waals surface area contributed by atoms with Crippen LogP contribution >= 0.6 is 22.9 Å². The number of amides is 1. The second kappa shape index (κ2) is 11.9. The third kappa shape index (κ3) is 6.88. The Morgan fingerprint density at radius 2 is 1.65 bits per heavy atom. The molecule has 4 rings (SSSR count). The molecule has 2 heterocycles. The number of hydrogen-bond acceptors (Lipinski definition) is 6. The van der Waals surface area contributed by atoms with E-state index in [4.69, 9.17) is 11.6 Å². The van der Waals surface area contributed by atoms with Gasteiger partial charge in [0, 0.05) is 36.1 Å².